The number of nitrogens with one attached hydrogen (secondary N) is 2. The average Bonchev–Trinajstić information content (AvgIpc) is 2.88. The van der Waals surface area contributed by atoms with Gasteiger partial charge in [0.05, 0.1) is 11.5 Å². The molecule has 1 saturated carbocycles. The first-order valence-corrected chi connectivity index (χ1v) is 13.1. The minimum atomic E-state index is -0.864. The van der Waals surface area contributed by atoms with Crippen LogP contribution in [0.15, 0.2) is 33.5 Å². The number of rotatable bonds is 9. The summed E-state index contributed by atoms with van der Waals surface area (Å²) in [7, 11) is 0. The van der Waals surface area contributed by atoms with Gasteiger partial charge in [0.1, 0.15) is 23.0 Å². The predicted molar refractivity (Wildman–Crippen MR) is 138 cm³/mol. The maximum absolute atomic E-state index is 13.6. The lowest BCUT2D eigenvalue weighted by Gasteiger charge is -2.38. The number of fused-ring (bicyclic) bond motifs is 1. The van der Waals surface area contributed by atoms with Crippen LogP contribution in [0.5, 0.6) is 0 Å². The fourth-order valence-corrected chi connectivity index (χ4v) is 5.50. The molecule has 0 spiro atoms. The maximum Gasteiger partial charge on any atom is 0.441 e. The van der Waals surface area contributed by atoms with E-state index in [1.807, 2.05) is 12.1 Å². The van der Waals surface area contributed by atoms with Crippen molar-refractivity contribution in [3.8, 4) is 6.07 Å². The molecule has 190 valence electrons. The average molecular weight is 482 g/mol. The van der Waals surface area contributed by atoms with E-state index in [2.05, 4.69) is 33.5 Å². The molecule has 0 unspecified atom stereocenters. The lowest BCUT2D eigenvalue weighted by atomic mass is 9.84. The van der Waals surface area contributed by atoms with Gasteiger partial charge in [-0.05, 0) is 56.7 Å². The number of piperidine rings is 1. The molecule has 1 aliphatic carbocycles. The van der Waals surface area contributed by atoms with Crippen molar-refractivity contribution in [3.63, 3.8) is 0 Å². The van der Waals surface area contributed by atoms with Crippen molar-refractivity contribution in [1.29, 1.82) is 5.26 Å². The highest BCUT2D eigenvalue weighted by Crippen LogP contribution is 2.29. The van der Waals surface area contributed by atoms with E-state index in [1.54, 1.807) is 12.1 Å². The highest BCUT2D eigenvalue weighted by molar-refractivity contribution is 5.91. The first-order chi connectivity index (χ1) is 17.0. The van der Waals surface area contributed by atoms with Crippen molar-refractivity contribution in [2.75, 3.05) is 25.0 Å². The summed E-state index contributed by atoms with van der Waals surface area (Å²) in [5, 5.41) is 17.0. The summed E-state index contributed by atoms with van der Waals surface area (Å²) < 4.78 is 5.23. The SMILES string of the molecule is CCCN1CCC(C#N)(NC(=O)[C@H](CCC2CCCCC2)Nc2nc(=O)oc3ccccc23)CC1.[HH]. The van der Waals surface area contributed by atoms with Crippen LogP contribution in [-0.4, -0.2) is 47.0 Å². The Bertz CT molecular complexity index is 1100. The lowest BCUT2D eigenvalue weighted by molar-refractivity contribution is -0.123. The second kappa shape index (κ2) is 11.7. The Kier molecular flexibility index (Phi) is 8.40. The third kappa shape index (κ3) is 6.40. The van der Waals surface area contributed by atoms with Gasteiger partial charge in [-0.3, -0.25) is 4.79 Å². The van der Waals surface area contributed by atoms with Gasteiger partial charge in [0, 0.05) is 14.5 Å². The molecule has 8 heteroatoms. The number of amides is 1. The van der Waals surface area contributed by atoms with Crippen LogP contribution in [0.4, 0.5) is 5.82 Å². The summed E-state index contributed by atoms with van der Waals surface area (Å²) in [5.41, 5.74) is -0.435. The molecule has 1 aromatic heterocycles. The molecule has 0 bridgehead atoms. The van der Waals surface area contributed by atoms with Crippen LogP contribution in [0.3, 0.4) is 0 Å². The first-order valence-electron chi connectivity index (χ1n) is 13.1. The van der Waals surface area contributed by atoms with Gasteiger partial charge in [0.15, 0.2) is 0 Å². The topological polar surface area (TPSA) is 111 Å². The number of hydrogen-bond acceptors (Lipinski definition) is 7. The number of aromatic nitrogens is 1. The predicted octanol–water partition coefficient (Wildman–Crippen LogP) is 4.46. The summed E-state index contributed by atoms with van der Waals surface area (Å²) in [6.45, 7) is 4.76. The second-order valence-electron chi connectivity index (χ2n) is 10.1. The third-order valence-electron chi connectivity index (χ3n) is 7.58. The van der Waals surface area contributed by atoms with Crippen LogP contribution in [-0.2, 0) is 4.79 Å². The second-order valence-corrected chi connectivity index (χ2v) is 10.1. The van der Waals surface area contributed by atoms with E-state index in [0.29, 0.717) is 42.0 Å². The molecule has 4 rings (SSSR count). The molecular weight excluding hydrogens is 442 g/mol. The molecule has 1 atom stereocenters. The number of carbonyl (C=O) groups excluding carboxylic acids is 1. The van der Waals surface area contributed by atoms with E-state index < -0.39 is 17.3 Å². The summed E-state index contributed by atoms with van der Waals surface area (Å²) >= 11 is 0. The molecule has 35 heavy (non-hydrogen) atoms. The van der Waals surface area contributed by atoms with Gasteiger partial charge in [0.2, 0.25) is 5.91 Å². The highest BCUT2D eigenvalue weighted by Gasteiger charge is 2.38. The monoisotopic (exact) mass is 481 g/mol. The summed E-state index contributed by atoms with van der Waals surface area (Å²) in [6, 6.07) is 9.00. The van der Waals surface area contributed by atoms with Gasteiger partial charge >= 0.3 is 5.76 Å². The number of anilines is 1. The third-order valence-corrected chi connectivity index (χ3v) is 7.58. The summed E-state index contributed by atoms with van der Waals surface area (Å²) in [4.78, 5) is 32.1. The Hall–Kier alpha value is -2.92. The standard InChI is InChI=1S/C27H37N5O3.H2/c1-2-16-32-17-14-27(19-28,15-18-32)31-25(33)22(13-12-20-8-4-3-5-9-20)29-24-21-10-6-7-11-23(21)35-26(34)30-24;/h6-7,10-11,20,22H,2-5,8-9,12-18H2,1H3,(H,31,33)(H,29,30,34);1H/t22-;/m0./s1. The number of benzene rings is 1. The normalized spacial score (nSPS) is 19.7. The van der Waals surface area contributed by atoms with Crippen molar-refractivity contribution >= 4 is 22.7 Å². The van der Waals surface area contributed by atoms with E-state index in [1.165, 1.54) is 32.1 Å². The Balaban J connectivity index is 0.00000361. The molecular formula is C27H39N5O3. The number of para-hydroxylation sites is 1. The molecule has 2 fully saturated rings. The zero-order valence-electron chi connectivity index (χ0n) is 20.7. The molecule has 0 radical (unpaired) electrons. The molecule has 8 nitrogen and oxygen atoms in total. The number of nitriles is 1. The smallest absolute Gasteiger partial charge is 0.408 e. The summed E-state index contributed by atoms with van der Waals surface area (Å²) in [6.07, 6.45) is 10.0. The van der Waals surface area contributed by atoms with E-state index >= 15 is 0 Å². The quantitative estimate of drug-likeness (QED) is 0.544. The number of carbonyl (C=O) groups is 1. The Morgan fingerprint density at radius 3 is 2.74 bits per heavy atom. The van der Waals surface area contributed by atoms with Gasteiger partial charge < -0.3 is 20.0 Å². The van der Waals surface area contributed by atoms with E-state index in [4.69, 9.17) is 4.42 Å². The zero-order chi connectivity index (χ0) is 24.7. The molecule has 2 aliphatic rings. The minimum Gasteiger partial charge on any atom is -0.408 e. The van der Waals surface area contributed by atoms with Crippen molar-refractivity contribution in [1.82, 2.24) is 15.2 Å². The van der Waals surface area contributed by atoms with Crippen LogP contribution in [0.2, 0.25) is 0 Å². The number of nitrogens with zero attached hydrogens (tertiary/aromatic N) is 3. The van der Waals surface area contributed by atoms with Gasteiger partial charge in [-0.1, -0.05) is 51.2 Å². The van der Waals surface area contributed by atoms with Gasteiger partial charge in [-0.2, -0.15) is 10.2 Å². The molecule has 1 aliphatic heterocycles. The Morgan fingerprint density at radius 1 is 1.29 bits per heavy atom. The lowest BCUT2D eigenvalue weighted by Crippen LogP contribution is -2.57. The van der Waals surface area contributed by atoms with E-state index in [0.717, 1.165) is 32.5 Å². The maximum atomic E-state index is 13.6. The fourth-order valence-electron chi connectivity index (χ4n) is 5.50. The first kappa shape index (κ1) is 25.2. The zero-order valence-corrected chi connectivity index (χ0v) is 20.7. The number of likely N-dealkylation sites (tertiary alicyclic amines) is 1. The van der Waals surface area contributed by atoms with Crippen LogP contribution in [0, 0.1) is 17.2 Å². The van der Waals surface area contributed by atoms with Gasteiger partial charge in [0.25, 0.3) is 0 Å². The number of hydrogen-bond donors (Lipinski definition) is 2. The van der Waals surface area contributed by atoms with E-state index in [-0.39, 0.29) is 7.33 Å². The molecule has 1 saturated heterocycles. The van der Waals surface area contributed by atoms with Crippen LogP contribution in [0.1, 0.15) is 72.6 Å². The van der Waals surface area contributed by atoms with Crippen molar-refractivity contribution < 1.29 is 10.6 Å². The van der Waals surface area contributed by atoms with Crippen molar-refractivity contribution in [2.45, 2.75) is 82.7 Å². The van der Waals surface area contributed by atoms with Crippen LogP contribution >= 0.6 is 0 Å². The Labute approximate surface area is 208 Å². The van der Waals surface area contributed by atoms with Gasteiger partial charge in [-0.25, -0.2) is 4.79 Å². The fraction of sp³-hybridized carbons (Fsp3) is 0.630. The van der Waals surface area contributed by atoms with Crippen molar-refractivity contribution in [3.05, 3.63) is 34.8 Å². The summed E-state index contributed by atoms with van der Waals surface area (Å²) in [5.74, 6) is 0.0536. The highest BCUT2D eigenvalue weighted by atomic mass is 16.4. The Morgan fingerprint density at radius 2 is 2.03 bits per heavy atom. The largest absolute Gasteiger partial charge is 0.441 e. The molecule has 1 aromatic carbocycles. The van der Waals surface area contributed by atoms with Crippen LogP contribution in [0.25, 0.3) is 11.0 Å². The molecule has 2 aromatic rings. The van der Waals surface area contributed by atoms with Gasteiger partial charge in [-0.15, -0.1) is 0 Å². The van der Waals surface area contributed by atoms with E-state index in [9.17, 15) is 14.9 Å². The van der Waals surface area contributed by atoms with Crippen LogP contribution < -0.4 is 16.4 Å². The molecule has 1 amide bonds. The minimum absolute atomic E-state index is 0. The van der Waals surface area contributed by atoms with Crippen molar-refractivity contribution in [2.24, 2.45) is 5.92 Å². The molecule has 2 N–H and O–H groups in total. The molecule has 2 heterocycles.